The zero-order chi connectivity index (χ0) is 33.4. The maximum absolute atomic E-state index is 14.7. The number of amides is 2. The summed E-state index contributed by atoms with van der Waals surface area (Å²) in [7, 11) is -2.78. The van der Waals surface area contributed by atoms with Crippen LogP contribution in [0.25, 0.3) is 0 Å². The van der Waals surface area contributed by atoms with Crippen LogP contribution in [0, 0.1) is 6.92 Å². The molecule has 4 aromatic carbocycles. The lowest BCUT2D eigenvalue weighted by molar-refractivity contribution is -0.140. The van der Waals surface area contributed by atoms with Crippen molar-refractivity contribution < 1.29 is 22.7 Å². The van der Waals surface area contributed by atoms with Crippen LogP contribution in [0.3, 0.4) is 0 Å². The first-order chi connectivity index (χ1) is 22.7. The number of ether oxygens (including phenoxy) is 1. The normalized spacial score (nSPS) is 13.9. The van der Waals surface area contributed by atoms with Gasteiger partial charge in [-0.2, -0.15) is 0 Å². The topological polar surface area (TPSA) is 96.0 Å². The van der Waals surface area contributed by atoms with Crippen LogP contribution in [0.1, 0.15) is 42.4 Å². The molecule has 1 aliphatic carbocycles. The quantitative estimate of drug-likeness (QED) is 0.167. The number of hydrogen-bond donors (Lipinski definition) is 1. The number of nitrogens with zero attached hydrogens (tertiary/aromatic N) is 2. The molecular formula is C37H40BrN3O5S. The highest BCUT2D eigenvalue weighted by atomic mass is 79.9. The molecule has 4 aromatic rings. The molecule has 0 bridgehead atoms. The SMILES string of the molecule is COc1ccccc1N(CC(=O)N(Cc1cccc(Br)c1)[C@@H](Cc1ccccc1)C(=O)NC1CCCC1)S(=O)(=O)c1ccc(C)cc1. The van der Waals surface area contributed by atoms with Crippen LogP contribution in [-0.4, -0.2) is 50.9 Å². The molecule has 8 nitrogen and oxygen atoms in total. The van der Waals surface area contributed by atoms with E-state index in [9.17, 15) is 18.0 Å². The maximum atomic E-state index is 14.7. The molecule has 1 N–H and O–H groups in total. The fourth-order valence-electron chi connectivity index (χ4n) is 5.94. The molecule has 47 heavy (non-hydrogen) atoms. The third kappa shape index (κ3) is 8.61. The molecule has 1 atom stereocenters. The number of anilines is 1. The van der Waals surface area contributed by atoms with Crippen LogP contribution in [0.15, 0.2) is 112 Å². The minimum absolute atomic E-state index is 0.0376. The van der Waals surface area contributed by atoms with Gasteiger partial charge in [-0.05, 0) is 67.3 Å². The largest absolute Gasteiger partial charge is 0.495 e. The van der Waals surface area contributed by atoms with E-state index in [-0.39, 0.29) is 35.5 Å². The molecule has 1 aliphatic rings. The number of methoxy groups -OCH3 is 1. The molecule has 0 radical (unpaired) electrons. The number of aryl methyl sites for hydroxylation is 1. The second kappa shape index (κ2) is 15.6. The highest BCUT2D eigenvalue weighted by Gasteiger charge is 2.36. The summed E-state index contributed by atoms with van der Waals surface area (Å²) < 4.78 is 36.1. The lowest BCUT2D eigenvalue weighted by atomic mass is 10.0. The van der Waals surface area contributed by atoms with Crippen LogP contribution in [-0.2, 0) is 32.6 Å². The lowest BCUT2D eigenvalue weighted by Gasteiger charge is -2.34. The third-order valence-electron chi connectivity index (χ3n) is 8.46. The van der Waals surface area contributed by atoms with Crippen LogP contribution < -0.4 is 14.4 Å². The van der Waals surface area contributed by atoms with E-state index in [1.807, 2.05) is 61.5 Å². The van der Waals surface area contributed by atoms with E-state index < -0.39 is 28.5 Å². The zero-order valence-corrected chi connectivity index (χ0v) is 29.0. The molecule has 0 aromatic heterocycles. The Kier molecular flexibility index (Phi) is 11.4. The lowest BCUT2D eigenvalue weighted by Crippen LogP contribution is -2.54. The molecule has 1 saturated carbocycles. The predicted molar refractivity (Wildman–Crippen MR) is 188 cm³/mol. The Balaban J connectivity index is 1.59. The van der Waals surface area contributed by atoms with Gasteiger partial charge in [0.1, 0.15) is 18.3 Å². The standard InChI is InChI=1S/C37H40BrN3O5S/c1-27-19-21-32(22-20-27)47(44,45)41(33-17-8-9-18-35(33)46-2)26-36(42)40(25-29-13-10-14-30(38)23-29)34(24-28-11-4-3-5-12-28)37(43)39-31-15-6-7-16-31/h3-5,8-14,17-23,31,34H,6-7,15-16,24-26H2,1-2H3,(H,39,43)/t34-/m0/s1. The Morgan fingerprint density at radius 2 is 1.55 bits per heavy atom. The number of para-hydroxylation sites is 2. The molecular weight excluding hydrogens is 678 g/mol. The van der Waals surface area contributed by atoms with E-state index in [4.69, 9.17) is 4.74 Å². The molecule has 5 rings (SSSR count). The van der Waals surface area contributed by atoms with E-state index in [1.165, 1.54) is 24.1 Å². The number of carbonyl (C=O) groups excluding carboxylic acids is 2. The molecule has 246 valence electrons. The number of sulfonamides is 1. The molecule has 0 heterocycles. The van der Waals surface area contributed by atoms with Gasteiger partial charge in [-0.1, -0.05) is 101 Å². The number of nitrogens with one attached hydrogen (secondary N) is 1. The zero-order valence-electron chi connectivity index (χ0n) is 26.6. The van der Waals surface area contributed by atoms with E-state index in [0.717, 1.165) is 51.2 Å². The summed E-state index contributed by atoms with van der Waals surface area (Å²) in [5.41, 5.74) is 2.81. The second-order valence-corrected chi connectivity index (χ2v) is 14.6. The van der Waals surface area contributed by atoms with Crippen LogP contribution in [0.4, 0.5) is 5.69 Å². The molecule has 0 spiro atoms. The summed E-state index contributed by atoms with van der Waals surface area (Å²) in [6.07, 6.45) is 4.12. The number of halogens is 1. The van der Waals surface area contributed by atoms with E-state index in [0.29, 0.717) is 5.75 Å². The number of hydrogen-bond acceptors (Lipinski definition) is 5. The van der Waals surface area contributed by atoms with Gasteiger partial charge in [0.05, 0.1) is 17.7 Å². The Bertz CT molecular complexity index is 1780. The van der Waals surface area contributed by atoms with Crippen molar-refractivity contribution in [2.24, 2.45) is 0 Å². The van der Waals surface area contributed by atoms with E-state index in [2.05, 4.69) is 21.2 Å². The van der Waals surface area contributed by atoms with Crippen molar-refractivity contribution in [3.63, 3.8) is 0 Å². The van der Waals surface area contributed by atoms with Gasteiger partial charge in [0.15, 0.2) is 0 Å². The van der Waals surface area contributed by atoms with Crippen molar-refractivity contribution in [3.8, 4) is 5.75 Å². The molecule has 0 aliphatic heterocycles. The van der Waals surface area contributed by atoms with Crippen molar-refractivity contribution in [3.05, 3.63) is 124 Å². The second-order valence-electron chi connectivity index (χ2n) is 11.8. The van der Waals surface area contributed by atoms with Crippen molar-refractivity contribution in [2.45, 2.75) is 62.6 Å². The van der Waals surface area contributed by atoms with Gasteiger partial charge >= 0.3 is 0 Å². The Morgan fingerprint density at radius 1 is 0.894 bits per heavy atom. The summed E-state index contributed by atoms with van der Waals surface area (Å²) in [6.45, 7) is 1.42. The van der Waals surface area contributed by atoms with E-state index in [1.54, 1.807) is 36.4 Å². The number of carbonyl (C=O) groups is 2. The fraction of sp³-hybridized carbons (Fsp3) is 0.297. The Morgan fingerprint density at radius 3 is 2.23 bits per heavy atom. The molecule has 10 heteroatoms. The summed E-state index contributed by atoms with van der Waals surface area (Å²) >= 11 is 3.53. The summed E-state index contributed by atoms with van der Waals surface area (Å²) in [5.74, 6) is -0.474. The van der Waals surface area contributed by atoms with Crippen LogP contribution >= 0.6 is 15.9 Å². The highest BCUT2D eigenvalue weighted by Crippen LogP contribution is 2.33. The van der Waals surface area contributed by atoms with Gasteiger partial charge in [-0.3, -0.25) is 13.9 Å². The summed E-state index contributed by atoms with van der Waals surface area (Å²) in [6, 6.07) is 29.5. The van der Waals surface area contributed by atoms with Crippen molar-refractivity contribution in [1.29, 1.82) is 0 Å². The van der Waals surface area contributed by atoms with Gasteiger partial charge in [0.25, 0.3) is 10.0 Å². The van der Waals surface area contributed by atoms with Gasteiger partial charge in [-0.25, -0.2) is 8.42 Å². The average Bonchev–Trinajstić information content (AvgIpc) is 3.59. The molecule has 0 saturated heterocycles. The summed E-state index contributed by atoms with van der Waals surface area (Å²) in [4.78, 5) is 30.4. The van der Waals surface area contributed by atoms with E-state index >= 15 is 0 Å². The monoisotopic (exact) mass is 717 g/mol. The number of rotatable bonds is 13. The first-order valence-electron chi connectivity index (χ1n) is 15.8. The minimum atomic E-state index is -4.24. The maximum Gasteiger partial charge on any atom is 0.264 e. The smallest absolute Gasteiger partial charge is 0.264 e. The van der Waals surface area contributed by atoms with Crippen molar-refractivity contribution in [1.82, 2.24) is 10.2 Å². The van der Waals surface area contributed by atoms with Gasteiger partial charge in [-0.15, -0.1) is 0 Å². The van der Waals surface area contributed by atoms with Gasteiger partial charge in [0.2, 0.25) is 11.8 Å². The minimum Gasteiger partial charge on any atom is -0.495 e. The third-order valence-corrected chi connectivity index (χ3v) is 10.7. The fourth-order valence-corrected chi connectivity index (χ4v) is 7.81. The molecule has 0 unspecified atom stereocenters. The van der Waals surface area contributed by atoms with Crippen molar-refractivity contribution >= 4 is 43.5 Å². The Labute approximate surface area is 285 Å². The van der Waals surface area contributed by atoms with Gasteiger partial charge in [0, 0.05) is 23.5 Å². The predicted octanol–water partition coefficient (Wildman–Crippen LogP) is 6.66. The molecule has 1 fully saturated rings. The summed E-state index contributed by atoms with van der Waals surface area (Å²) in [5, 5.41) is 3.20. The highest BCUT2D eigenvalue weighted by molar-refractivity contribution is 9.10. The molecule has 2 amide bonds. The average molecular weight is 719 g/mol. The first kappa shape index (κ1) is 34.2. The van der Waals surface area contributed by atoms with Crippen molar-refractivity contribution in [2.75, 3.05) is 18.0 Å². The number of benzene rings is 4. The first-order valence-corrected chi connectivity index (χ1v) is 18.0. The van der Waals surface area contributed by atoms with Crippen LogP contribution in [0.2, 0.25) is 0 Å². The van der Waals surface area contributed by atoms with Gasteiger partial charge < -0.3 is 15.0 Å². The Hall–Kier alpha value is -4.15. The van der Waals surface area contributed by atoms with Crippen LogP contribution in [0.5, 0.6) is 5.75 Å².